The lowest BCUT2D eigenvalue weighted by Crippen LogP contribution is -2.17. The molecule has 0 heterocycles. The number of hydrogen-bond donors (Lipinski definition) is 2. The first-order valence-electron chi connectivity index (χ1n) is 6.03. The number of nitrogen functional groups attached to an aromatic ring is 1. The molecule has 4 nitrogen and oxygen atoms in total. The molecule has 2 aromatic rings. The Labute approximate surface area is 116 Å². The van der Waals surface area contributed by atoms with Crippen molar-refractivity contribution >= 4 is 17.3 Å². The van der Waals surface area contributed by atoms with Gasteiger partial charge < -0.3 is 15.8 Å². The Morgan fingerprint density at radius 1 is 1.25 bits per heavy atom. The maximum atomic E-state index is 13.7. The lowest BCUT2D eigenvalue weighted by molar-refractivity contribution is 0.102. The Morgan fingerprint density at radius 3 is 2.60 bits per heavy atom. The van der Waals surface area contributed by atoms with Crippen LogP contribution >= 0.6 is 0 Å². The molecule has 0 radical (unpaired) electrons. The van der Waals surface area contributed by atoms with Crippen LogP contribution < -0.4 is 15.8 Å². The molecule has 0 fully saturated rings. The van der Waals surface area contributed by atoms with E-state index < -0.39 is 11.7 Å². The van der Waals surface area contributed by atoms with E-state index in [0.717, 1.165) is 0 Å². The molecule has 0 bridgehead atoms. The summed E-state index contributed by atoms with van der Waals surface area (Å²) >= 11 is 0. The highest BCUT2D eigenvalue weighted by Crippen LogP contribution is 2.26. The maximum absolute atomic E-state index is 13.7. The SMILES string of the molecule is COc1cccc(N)c1C(=O)Nc1c(C)cccc1F. The smallest absolute Gasteiger partial charge is 0.261 e. The number of benzene rings is 2. The lowest BCUT2D eigenvalue weighted by Gasteiger charge is -2.13. The van der Waals surface area contributed by atoms with E-state index in [1.165, 1.54) is 13.2 Å². The summed E-state index contributed by atoms with van der Waals surface area (Å²) < 4.78 is 18.8. The number of aryl methyl sites for hydroxylation is 1. The van der Waals surface area contributed by atoms with Crippen molar-refractivity contribution in [2.75, 3.05) is 18.2 Å². The summed E-state index contributed by atoms with van der Waals surface area (Å²) in [7, 11) is 1.44. The zero-order chi connectivity index (χ0) is 14.7. The molecule has 0 aliphatic heterocycles. The van der Waals surface area contributed by atoms with E-state index in [9.17, 15) is 9.18 Å². The second-order valence-electron chi connectivity index (χ2n) is 4.31. The summed E-state index contributed by atoms with van der Waals surface area (Å²) in [5.41, 5.74) is 7.03. The van der Waals surface area contributed by atoms with E-state index in [1.54, 1.807) is 37.3 Å². The Bertz CT molecular complexity index is 636. The van der Waals surface area contributed by atoms with Gasteiger partial charge in [-0.2, -0.15) is 0 Å². The fourth-order valence-electron chi connectivity index (χ4n) is 1.93. The number of halogens is 1. The lowest BCUT2D eigenvalue weighted by atomic mass is 10.1. The predicted octanol–water partition coefficient (Wildman–Crippen LogP) is 2.98. The van der Waals surface area contributed by atoms with Crippen molar-refractivity contribution in [3.8, 4) is 5.75 Å². The number of anilines is 2. The van der Waals surface area contributed by atoms with Crippen molar-refractivity contribution in [2.24, 2.45) is 0 Å². The zero-order valence-electron chi connectivity index (χ0n) is 11.2. The van der Waals surface area contributed by atoms with Gasteiger partial charge in [0, 0.05) is 5.69 Å². The third kappa shape index (κ3) is 2.56. The van der Waals surface area contributed by atoms with Gasteiger partial charge in [-0.05, 0) is 30.7 Å². The Balaban J connectivity index is 2.39. The quantitative estimate of drug-likeness (QED) is 0.846. The Hall–Kier alpha value is -2.56. The molecule has 0 atom stereocenters. The van der Waals surface area contributed by atoms with Crippen LogP contribution in [0.3, 0.4) is 0 Å². The third-order valence-corrected chi connectivity index (χ3v) is 2.97. The van der Waals surface area contributed by atoms with E-state index in [0.29, 0.717) is 11.3 Å². The van der Waals surface area contributed by atoms with Gasteiger partial charge in [-0.25, -0.2) is 4.39 Å². The molecule has 0 aromatic heterocycles. The highest BCUT2D eigenvalue weighted by atomic mass is 19.1. The van der Waals surface area contributed by atoms with Crippen LogP contribution in [0.4, 0.5) is 15.8 Å². The predicted molar refractivity (Wildman–Crippen MR) is 76.5 cm³/mol. The summed E-state index contributed by atoms with van der Waals surface area (Å²) in [6, 6.07) is 9.47. The minimum absolute atomic E-state index is 0.141. The zero-order valence-corrected chi connectivity index (χ0v) is 11.2. The summed E-state index contributed by atoms with van der Waals surface area (Å²) in [4.78, 5) is 12.3. The van der Waals surface area contributed by atoms with E-state index in [-0.39, 0.29) is 16.9 Å². The van der Waals surface area contributed by atoms with Crippen LogP contribution in [0.25, 0.3) is 0 Å². The first-order chi connectivity index (χ1) is 9.54. The van der Waals surface area contributed by atoms with Gasteiger partial charge in [0.25, 0.3) is 5.91 Å². The molecule has 0 unspecified atom stereocenters. The minimum atomic E-state index is -0.506. The molecule has 3 N–H and O–H groups in total. The number of methoxy groups -OCH3 is 1. The number of para-hydroxylation sites is 1. The van der Waals surface area contributed by atoms with E-state index in [4.69, 9.17) is 10.5 Å². The summed E-state index contributed by atoms with van der Waals surface area (Å²) in [5.74, 6) is -0.656. The molecular weight excluding hydrogens is 259 g/mol. The molecule has 2 rings (SSSR count). The van der Waals surface area contributed by atoms with Crippen molar-refractivity contribution in [3.63, 3.8) is 0 Å². The van der Waals surface area contributed by atoms with Crippen LogP contribution in [0.5, 0.6) is 5.75 Å². The summed E-state index contributed by atoms with van der Waals surface area (Å²) in [6.45, 7) is 1.71. The van der Waals surface area contributed by atoms with Gasteiger partial charge in [-0.15, -0.1) is 0 Å². The number of rotatable bonds is 3. The molecule has 5 heteroatoms. The van der Waals surface area contributed by atoms with Gasteiger partial charge in [-0.3, -0.25) is 4.79 Å². The number of hydrogen-bond acceptors (Lipinski definition) is 3. The maximum Gasteiger partial charge on any atom is 0.261 e. The molecule has 20 heavy (non-hydrogen) atoms. The van der Waals surface area contributed by atoms with Gasteiger partial charge in [0.1, 0.15) is 17.1 Å². The molecule has 0 saturated heterocycles. The molecule has 0 aliphatic carbocycles. The van der Waals surface area contributed by atoms with Crippen LogP contribution in [0.1, 0.15) is 15.9 Å². The van der Waals surface area contributed by atoms with E-state index >= 15 is 0 Å². The van der Waals surface area contributed by atoms with Gasteiger partial charge in [-0.1, -0.05) is 18.2 Å². The molecule has 0 saturated carbocycles. The normalized spacial score (nSPS) is 10.2. The number of carbonyl (C=O) groups excluding carboxylic acids is 1. The first-order valence-corrected chi connectivity index (χ1v) is 6.03. The molecule has 2 aromatic carbocycles. The fourth-order valence-corrected chi connectivity index (χ4v) is 1.93. The topological polar surface area (TPSA) is 64.3 Å². The van der Waals surface area contributed by atoms with Crippen LogP contribution in [0.2, 0.25) is 0 Å². The number of nitrogens with one attached hydrogen (secondary N) is 1. The number of carbonyl (C=O) groups is 1. The van der Waals surface area contributed by atoms with Crippen molar-refractivity contribution in [3.05, 3.63) is 53.3 Å². The average molecular weight is 274 g/mol. The molecular formula is C15H15FN2O2. The monoisotopic (exact) mass is 274 g/mol. The van der Waals surface area contributed by atoms with Gasteiger partial charge in [0.15, 0.2) is 0 Å². The largest absolute Gasteiger partial charge is 0.496 e. The van der Waals surface area contributed by atoms with Crippen molar-refractivity contribution in [1.29, 1.82) is 0 Å². The van der Waals surface area contributed by atoms with Crippen molar-refractivity contribution in [2.45, 2.75) is 6.92 Å². The number of amides is 1. The molecule has 1 amide bonds. The Morgan fingerprint density at radius 2 is 1.95 bits per heavy atom. The van der Waals surface area contributed by atoms with Crippen molar-refractivity contribution in [1.82, 2.24) is 0 Å². The van der Waals surface area contributed by atoms with Gasteiger partial charge in [0.05, 0.1) is 12.8 Å². The highest BCUT2D eigenvalue weighted by molar-refractivity contribution is 6.10. The molecule has 0 spiro atoms. The van der Waals surface area contributed by atoms with Crippen LogP contribution in [0, 0.1) is 12.7 Å². The molecule has 0 aliphatic rings. The second kappa shape index (κ2) is 5.61. The second-order valence-corrected chi connectivity index (χ2v) is 4.31. The summed E-state index contributed by atoms with van der Waals surface area (Å²) in [6.07, 6.45) is 0. The van der Waals surface area contributed by atoms with Crippen LogP contribution in [-0.2, 0) is 0 Å². The standard InChI is InChI=1S/C15H15FN2O2/c1-9-5-3-6-10(16)14(9)18-15(19)13-11(17)7-4-8-12(13)20-2/h3-8H,17H2,1-2H3,(H,18,19). The van der Waals surface area contributed by atoms with Crippen LogP contribution in [-0.4, -0.2) is 13.0 Å². The Kier molecular flexibility index (Phi) is 3.89. The number of ether oxygens (including phenoxy) is 1. The first kappa shape index (κ1) is 13.9. The minimum Gasteiger partial charge on any atom is -0.496 e. The summed E-state index contributed by atoms with van der Waals surface area (Å²) in [5, 5.41) is 2.54. The molecule has 104 valence electrons. The number of nitrogens with two attached hydrogens (primary N) is 1. The third-order valence-electron chi connectivity index (χ3n) is 2.97. The van der Waals surface area contributed by atoms with Gasteiger partial charge in [0.2, 0.25) is 0 Å². The highest BCUT2D eigenvalue weighted by Gasteiger charge is 2.18. The van der Waals surface area contributed by atoms with Gasteiger partial charge >= 0.3 is 0 Å². The van der Waals surface area contributed by atoms with Crippen molar-refractivity contribution < 1.29 is 13.9 Å². The van der Waals surface area contributed by atoms with E-state index in [2.05, 4.69) is 5.32 Å². The average Bonchev–Trinajstić information content (AvgIpc) is 2.42. The van der Waals surface area contributed by atoms with E-state index in [1.807, 2.05) is 0 Å². The van der Waals surface area contributed by atoms with Crippen LogP contribution in [0.15, 0.2) is 36.4 Å². The fraction of sp³-hybridized carbons (Fsp3) is 0.133.